The number of aryl methyl sites for hydroxylation is 1. The summed E-state index contributed by atoms with van der Waals surface area (Å²) >= 11 is 0. The quantitative estimate of drug-likeness (QED) is 0.558. The molecule has 3 heteroatoms. The molecule has 0 aliphatic rings. The second-order valence-electron chi connectivity index (χ2n) is 2.85. The number of rotatable bonds is 4. The van der Waals surface area contributed by atoms with Gasteiger partial charge in [0.2, 0.25) is 0 Å². The van der Waals surface area contributed by atoms with Gasteiger partial charge in [0.05, 0.1) is 6.20 Å². The van der Waals surface area contributed by atoms with E-state index in [0.717, 1.165) is 30.8 Å². The second kappa shape index (κ2) is 5.15. The van der Waals surface area contributed by atoms with Gasteiger partial charge >= 0.3 is 0 Å². The van der Waals surface area contributed by atoms with Crippen molar-refractivity contribution in [3.63, 3.8) is 0 Å². The summed E-state index contributed by atoms with van der Waals surface area (Å²) in [5, 5.41) is 10.9. The summed E-state index contributed by atoms with van der Waals surface area (Å²) in [7, 11) is 0. The molecule has 0 aliphatic carbocycles. The molecule has 3 nitrogen and oxygen atoms in total. The summed E-state index contributed by atoms with van der Waals surface area (Å²) in [6.07, 6.45) is 8.62. The molecule has 0 saturated carbocycles. The van der Waals surface area contributed by atoms with Crippen LogP contribution in [0.1, 0.15) is 18.4 Å². The number of nitrogens with one attached hydrogen (secondary N) is 1. The van der Waals surface area contributed by atoms with Crippen LogP contribution in [0.25, 0.3) is 0 Å². The van der Waals surface area contributed by atoms with Crippen LogP contribution in [0.2, 0.25) is 0 Å². The Morgan fingerprint density at radius 3 is 3.15 bits per heavy atom. The monoisotopic (exact) mass is 175 g/mol. The Kier molecular flexibility index (Phi) is 3.77. The molecule has 1 N–H and O–H groups in total. The number of terminal acetylenes is 1. The van der Waals surface area contributed by atoms with Crippen LogP contribution in [0.3, 0.4) is 0 Å². The van der Waals surface area contributed by atoms with Gasteiger partial charge in [-0.1, -0.05) is 0 Å². The first kappa shape index (κ1) is 9.53. The smallest absolute Gasteiger partial charge is 0.148 e. The van der Waals surface area contributed by atoms with Gasteiger partial charge in [0, 0.05) is 13.0 Å². The van der Waals surface area contributed by atoms with Gasteiger partial charge in [0.25, 0.3) is 0 Å². The van der Waals surface area contributed by atoms with Crippen molar-refractivity contribution < 1.29 is 0 Å². The van der Waals surface area contributed by atoms with Crippen LogP contribution in [0, 0.1) is 19.3 Å². The van der Waals surface area contributed by atoms with Crippen LogP contribution in [0.5, 0.6) is 0 Å². The minimum absolute atomic E-state index is 0.798. The number of nitrogens with zero attached hydrogens (tertiary/aromatic N) is 2. The van der Waals surface area contributed by atoms with E-state index in [2.05, 4.69) is 21.4 Å². The third-order valence-electron chi connectivity index (χ3n) is 1.60. The largest absolute Gasteiger partial charge is 0.369 e. The fraction of sp³-hybridized carbons (Fsp3) is 0.400. The minimum atomic E-state index is 0.798. The standard InChI is InChI=1S/C10H13N3/c1-3-4-5-6-11-10-7-9(2)8-12-13-10/h1,7-8H,4-6H2,2H3,(H,11,13). The summed E-state index contributed by atoms with van der Waals surface area (Å²) in [4.78, 5) is 0. The summed E-state index contributed by atoms with van der Waals surface area (Å²) in [6.45, 7) is 2.84. The van der Waals surface area contributed by atoms with Crippen molar-refractivity contribution in [1.29, 1.82) is 0 Å². The molecular formula is C10H13N3. The summed E-state index contributed by atoms with van der Waals surface area (Å²) in [5.41, 5.74) is 1.11. The van der Waals surface area contributed by atoms with Crippen LogP contribution in [-0.4, -0.2) is 16.7 Å². The molecule has 0 atom stereocenters. The lowest BCUT2D eigenvalue weighted by atomic mass is 10.3. The highest BCUT2D eigenvalue weighted by Crippen LogP contribution is 2.03. The molecule has 0 aliphatic heterocycles. The van der Waals surface area contributed by atoms with E-state index in [9.17, 15) is 0 Å². The summed E-state index contributed by atoms with van der Waals surface area (Å²) in [5.74, 6) is 3.41. The maximum Gasteiger partial charge on any atom is 0.148 e. The zero-order chi connectivity index (χ0) is 9.52. The zero-order valence-electron chi connectivity index (χ0n) is 7.75. The topological polar surface area (TPSA) is 37.8 Å². The molecule has 1 heterocycles. The molecule has 0 unspecified atom stereocenters. The molecule has 0 saturated heterocycles. The summed E-state index contributed by atoms with van der Waals surface area (Å²) in [6, 6.07) is 1.96. The fourth-order valence-corrected chi connectivity index (χ4v) is 0.957. The molecule has 68 valence electrons. The number of hydrogen-bond donors (Lipinski definition) is 1. The molecule has 1 aromatic heterocycles. The number of hydrogen-bond acceptors (Lipinski definition) is 3. The van der Waals surface area contributed by atoms with Crippen molar-refractivity contribution in [3.8, 4) is 12.3 Å². The lowest BCUT2D eigenvalue weighted by molar-refractivity contribution is 0.889. The van der Waals surface area contributed by atoms with Gasteiger partial charge in [0.15, 0.2) is 0 Å². The van der Waals surface area contributed by atoms with Gasteiger partial charge in [-0.15, -0.1) is 17.4 Å². The van der Waals surface area contributed by atoms with Crippen molar-refractivity contribution in [3.05, 3.63) is 17.8 Å². The Morgan fingerprint density at radius 2 is 2.46 bits per heavy atom. The Labute approximate surface area is 78.6 Å². The van der Waals surface area contributed by atoms with E-state index < -0.39 is 0 Å². The molecule has 1 rings (SSSR count). The van der Waals surface area contributed by atoms with Gasteiger partial charge in [0.1, 0.15) is 5.82 Å². The first-order chi connectivity index (χ1) is 6.33. The third kappa shape index (κ3) is 3.57. The van der Waals surface area contributed by atoms with Crippen molar-refractivity contribution in [1.82, 2.24) is 10.2 Å². The predicted molar refractivity (Wildman–Crippen MR) is 53.3 cm³/mol. The molecule has 0 bridgehead atoms. The van der Waals surface area contributed by atoms with E-state index in [-0.39, 0.29) is 0 Å². The molecule has 0 aromatic carbocycles. The molecule has 0 fully saturated rings. The Balaban J connectivity index is 2.33. The van der Waals surface area contributed by atoms with Crippen molar-refractivity contribution in [2.24, 2.45) is 0 Å². The van der Waals surface area contributed by atoms with Gasteiger partial charge in [-0.2, -0.15) is 5.10 Å². The molecule has 1 aromatic rings. The van der Waals surface area contributed by atoms with Crippen LogP contribution in [0.15, 0.2) is 12.3 Å². The normalized spacial score (nSPS) is 9.23. The zero-order valence-corrected chi connectivity index (χ0v) is 7.75. The Bertz CT molecular complexity index is 301. The molecule has 0 amide bonds. The average molecular weight is 175 g/mol. The molecule has 0 spiro atoms. The van der Waals surface area contributed by atoms with E-state index in [1.807, 2.05) is 13.0 Å². The fourth-order valence-electron chi connectivity index (χ4n) is 0.957. The molecule has 13 heavy (non-hydrogen) atoms. The van der Waals surface area contributed by atoms with E-state index in [1.165, 1.54) is 0 Å². The Hall–Kier alpha value is -1.56. The van der Waals surface area contributed by atoms with E-state index in [0.29, 0.717) is 0 Å². The number of aromatic nitrogens is 2. The Morgan fingerprint density at radius 1 is 1.62 bits per heavy atom. The maximum atomic E-state index is 5.13. The van der Waals surface area contributed by atoms with E-state index in [4.69, 9.17) is 6.42 Å². The third-order valence-corrected chi connectivity index (χ3v) is 1.60. The second-order valence-corrected chi connectivity index (χ2v) is 2.85. The van der Waals surface area contributed by atoms with Crippen molar-refractivity contribution in [2.45, 2.75) is 19.8 Å². The number of anilines is 1. The van der Waals surface area contributed by atoms with Crippen LogP contribution >= 0.6 is 0 Å². The molecular weight excluding hydrogens is 162 g/mol. The van der Waals surface area contributed by atoms with Crippen molar-refractivity contribution >= 4 is 5.82 Å². The SMILES string of the molecule is C#CCCCNc1cc(C)cnn1. The lowest BCUT2D eigenvalue weighted by Gasteiger charge is -2.02. The van der Waals surface area contributed by atoms with Crippen LogP contribution < -0.4 is 5.32 Å². The predicted octanol–water partition coefficient (Wildman–Crippen LogP) is 1.61. The first-order valence-corrected chi connectivity index (χ1v) is 4.29. The first-order valence-electron chi connectivity index (χ1n) is 4.29. The average Bonchev–Trinajstić information content (AvgIpc) is 2.13. The minimum Gasteiger partial charge on any atom is -0.369 e. The van der Waals surface area contributed by atoms with Gasteiger partial charge in [-0.3, -0.25) is 0 Å². The van der Waals surface area contributed by atoms with Gasteiger partial charge < -0.3 is 5.32 Å². The van der Waals surface area contributed by atoms with E-state index in [1.54, 1.807) is 6.20 Å². The molecule has 0 radical (unpaired) electrons. The van der Waals surface area contributed by atoms with Crippen molar-refractivity contribution in [2.75, 3.05) is 11.9 Å². The summed E-state index contributed by atoms with van der Waals surface area (Å²) < 4.78 is 0. The van der Waals surface area contributed by atoms with Gasteiger partial charge in [-0.05, 0) is 25.0 Å². The lowest BCUT2D eigenvalue weighted by Crippen LogP contribution is -2.03. The van der Waals surface area contributed by atoms with Crippen LogP contribution in [0.4, 0.5) is 5.82 Å². The van der Waals surface area contributed by atoms with Crippen LogP contribution in [-0.2, 0) is 0 Å². The van der Waals surface area contributed by atoms with E-state index >= 15 is 0 Å². The number of unbranched alkanes of at least 4 members (excludes halogenated alkanes) is 1. The highest BCUT2D eigenvalue weighted by Gasteiger charge is 1.93. The van der Waals surface area contributed by atoms with Gasteiger partial charge in [-0.25, -0.2) is 0 Å². The maximum absolute atomic E-state index is 5.13. The highest BCUT2D eigenvalue weighted by atomic mass is 15.2. The highest BCUT2D eigenvalue weighted by molar-refractivity contribution is 5.34.